The van der Waals surface area contributed by atoms with Crippen molar-refractivity contribution < 1.29 is 4.74 Å². The standard InChI is InChI=1S/C12H25NO/c1-3-11(13-4-2)8-9-12-7-5-6-10-14-12/h11-13H,3-10H2,1-2H3. The molecule has 0 aliphatic carbocycles. The third-order valence-electron chi connectivity index (χ3n) is 3.10. The maximum atomic E-state index is 5.72. The molecule has 0 saturated carbocycles. The molecule has 1 fully saturated rings. The maximum absolute atomic E-state index is 5.72. The van der Waals surface area contributed by atoms with Gasteiger partial charge in [-0.2, -0.15) is 0 Å². The molecule has 0 radical (unpaired) electrons. The molecule has 1 saturated heterocycles. The molecule has 2 nitrogen and oxygen atoms in total. The van der Waals surface area contributed by atoms with Gasteiger partial charge in [-0.1, -0.05) is 13.8 Å². The molecule has 0 spiro atoms. The van der Waals surface area contributed by atoms with Crippen LogP contribution >= 0.6 is 0 Å². The first-order valence-corrected chi connectivity index (χ1v) is 6.21. The van der Waals surface area contributed by atoms with Crippen molar-refractivity contribution in [3.8, 4) is 0 Å². The number of rotatable bonds is 6. The van der Waals surface area contributed by atoms with E-state index in [0.29, 0.717) is 12.1 Å². The van der Waals surface area contributed by atoms with Gasteiger partial charge in [0.2, 0.25) is 0 Å². The van der Waals surface area contributed by atoms with Crippen molar-refractivity contribution >= 4 is 0 Å². The lowest BCUT2D eigenvalue weighted by molar-refractivity contribution is 0.00855. The van der Waals surface area contributed by atoms with Gasteiger partial charge >= 0.3 is 0 Å². The second kappa shape index (κ2) is 7.24. The van der Waals surface area contributed by atoms with Crippen molar-refractivity contribution in [1.29, 1.82) is 0 Å². The second-order valence-electron chi connectivity index (χ2n) is 4.23. The van der Waals surface area contributed by atoms with Crippen molar-refractivity contribution in [1.82, 2.24) is 5.32 Å². The van der Waals surface area contributed by atoms with E-state index in [1.165, 1.54) is 38.5 Å². The van der Waals surface area contributed by atoms with Gasteiger partial charge in [0.1, 0.15) is 0 Å². The summed E-state index contributed by atoms with van der Waals surface area (Å²) in [7, 11) is 0. The summed E-state index contributed by atoms with van der Waals surface area (Å²) in [6.45, 7) is 6.52. The first-order valence-electron chi connectivity index (χ1n) is 6.21. The lowest BCUT2D eigenvalue weighted by atomic mass is 10.0. The summed E-state index contributed by atoms with van der Waals surface area (Å²) in [5, 5.41) is 3.52. The highest BCUT2D eigenvalue weighted by molar-refractivity contribution is 4.69. The van der Waals surface area contributed by atoms with Gasteiger partial charge < -0.3 is 10.1 Å². The Morgan fingerprint density at radius 1 is 1.36 bits per heavy atom. The highest BCUT2D eigenvalue weighted by atomic mass is 16.5. The smallest absolute Gasteiger partial charge is 0.0575 e. The van der Waals surface area contributed by atoms with Gasteiger partial charge in [-0.05, 0) is 45.1 Å². The number of ether oxygens (including phenoxy) is 1. The number of hydrogen-bond donors (Lipinski definition) is 1. The molecule has 1 aliphatic rings. The fraction of sp³-hybridized carbons (Fsp3) is 1.00. The molecule has 1 aliphatic heterocycles. The molecule has 1 N–H and O–H groups in total. The zero-order chi connectivity index (χ0) is 10.2. The van der Waals surface area contributed by atoms with E-state index in [-0.39, 0.29) is 0 Å². The van der Waals surface area contributed by atoms with Crippen LogP contribution in [-0.4, -0.2) is 25.3 Å². The highest BCUT2D eigenvalue weighted by Gasteiger charge is 2.15. The fourth-order valence-corrected chi connectivity index (χ4v) is 2.16. The Balaban J connectivity index is 2.10. The normalized spacial score (nSPS) is 24.9. The summed E-state index contributed by atoms with van der Waals surface area (Å²) in [6.07, 6.45) is 8.21. The predicted octanol–water partition coefficient (Wildman–Crippen LogP) is 2.72. The summed E-state index contributed by atoms with van der Waals surface area (Å²) in [5.41, 5.74) is 0. The summed E-state index contributed by atoms with van der Waals surface area (Å²) in [5.74, 6) is 0. The second-order valence-corrected chi connectivity index (χ2v) is 4.23. The summed E-state index contributed by atoms with van der Waals surface area (Å²) >= 11 is 0. The molecule has 2 atom stereocenters. The van der Waals surface area contributed by atoms with Crippen LogP contribution in [0.15, 0.2) is 0 Å². The summed E-state index contributed by atoms with van der Waals surface area (Å²) in [4.78, 5) is 0. The van der Waals surface area contributed by atoms with E-state index in [2.05, 4.69) is 19.2 Å². The van der Waals surface area contributed by atoms with Gasteiger partial charge in [0.05, 0.1) is 6.10 Å². The van der Waals surface area contributed by atoms with Gasteiger partial charge in [0.25, 0.3) is 0 Å². The van der Waals surface area contributed by atoms with Crippen molar-refractivity contribution in [3.05, 3.63) is 0 Å². The van der Waals surface area contributed by atoms with Crippen LogP contribution in [0.4, 0.5) is 0 Å². The average Bonchev–Trinajstić information content (AvgIpc) is 2.25. The van der Waals surface area contributed by atoms with Crippen LogP contribution in [0.25, 0.3) is 0 Å². The van der Waals surface area contributed by atoms with Crippen LogP contribution in [0.1, 0.15) is 52.4 Å². The SMILES string of the molecule is CCNC(CC)CCC1CCCCO1. The molecule has 2 unspecified atom stereocenters. The van der Waals surface area contributed by atoms with Crippen molar-refractivity contribution in [2.75, 3.05) is 13.2 Å². The first-order chi connectivity index (χ1) is 6.86. The topological polar surface area (TPSA) is 21.3 Å². The zero-order valence-electron chi connectivity index (χ0n) is 9.72. The lowest BCUT2D eigenvalue weighted by Gasteiger charge is -2.24. The van der Waals surface area contributed by atoms with E-state index < -0.39 is 0 Å². The molecule has 0 bridgehead atoms. The van der Waals surface area contributed by atoms with Crippen molar-refractivity contribution in [2.24, 2.45) is 0 Å². The highest BCUT2D eigenvalue weighted by Crippen LogP contribution is 2.18. The predicted molar refractivity (Wildman–Crippen MR) is 60.6 cm³/mol. The van der Waals surface area contributed by atoms with Crippen LogP contribution in [0.3, 0.4) is 0 Å². The molecular formula is C12H25NO. The molecule has 2 heteroatoms. The molecular weight excluding hydrogens is 174 g/mol. The van der Waals surface area contributed by atoms with Gasteiger partial charge in [0.15, 0.2) is 0 Å². The van der Waals surface area contributed by atoms with Gasteiger partial charge in [-0.15, -0.1) is 0 Å². The Kier molecular flexibility index (Phi) is 6.20. The minimum Gasteiger partial charge on any atom is -0.378 e. The Labute approximate surface area is 88.4 Å². The summed E-state index contributed by atoms with van der Waals surface area (Å²) < 4.78 is 5.72. The van der Waals surface area contributed by atoms with E-state index in [1.807, 2.05) is 0 Å². The van der Waals surface area contributed by atoms with E-state index in [9.17, 15) is 0 Å². The van der Waals surface area contributed by atoms with Gasteiger partial charge in [-0.25, -0.2) is 0 Å². The van der Waals surface area contributed by atoms with Crippen molar-refractivity contribution in [2.45, 2.75) is 64.5 Å². The molecule has 1 rings (SSSR count). The van der Waals surface area contributed by atoms with E-state index in [0.717, 1.165) is 13.2 Å². The van der Waals surface area contributed by atoms with Crippen molar-refractivity contribution in [3.63, 3.8) is 0 Å². The Morgan fingerprint density at radius 3 is 2.79 bits per heavy atom. The van der Waals surface area contributed by atoms with E-state index in [1.54, 1.807) is 0 Å². The van der Waals surface area contributed by atoms with E-state index >= 15 is 0 Å². The minimum atomic E-state index is 0.552. The molecule has 84 valence electrons. The Bertz CT molecular complexity index is 128. The number of hydrogen-bond acceptors (Lipinski definition) is 2. The van der Waals surface area contributed by atoms with Gasteiger partial charge in [0, 0.05) is 12.6 Å². The molecule has 1 heterocycles. The van der Waals surface area contributed by atoms with Crippen LogP contribution < -0.4 is 5.32 Å². The molecule has 0 aromatic heterocycles. The Morgan fingerprint density at radius 2 is 2.21 bits per heavy atom. The maximum Gasteiger partial charge on any atom is 0.0575 e. The third-order valence-corrected chi connectivity index (χ3v) is 3.10. The number of nitrogens with one attached hydrogen (secondary N) is 1. The largest absolute Gasteiger partial charge is 0.378 e. The minimum absolute atomic E-state index is 0.552. The van der Waals surface area contributed by atoms with E-state index in [4.69, 9.17) is 4.74 Å². The zero-order valence-corrected chi connectivity index (χ0v) is 9.72. The first kappa shape index (κ1) is 12.0. The van der Waals surface area contributed by atoms with Crippen LogP contribution in [0.5, 0.6) is 0 Å². The third kappa shape index (κ3) is 4.43. The fourth-order valence-electron chi connectivity index (χ4n) is 2.16. The van der Waals surface area contributed by atoms with Gasteiger partial charge in [-0.3, -0.25) is 0 Å². The molecule has 14 heavy (non-hydrogen) atoms. The summed E-state index contributed by atoms with van der Waals surface area (Å²) in [6, 6.07) is 0.700. The average molecular weight is 199 g/mol. The van der Waals surface area contributed by atoms with Crippen LogP contribution in [0.2, 0.25) is 0 Å². The quantitative estimate of drug-likeness (QED) is 0.710. The molecule has 0 aromatic carbocycles. The lowest BCUT2D eigenvalue weighted by Crippen LogP contribution is -2.30. The Hall–Kier alpha value is -0.0800. The monoisotopic (exact) mass is 199 g/mol. The molecule has 0 aromatic rings. The van der Waals surface area contributed by atoms with Crippen LogP contribution in [-0.2, 0) is 4.74 Å². The van der Waals surface area contributed by atoms with Crippen LogP contribution in [0, 0.1) is 0 Å². The molecule has 0 amide bonds.